The Kier molecular flexibility index (Phi) is 6.02. The summed E-state index contributed by atoms with van der Waals surface area (Å²) in [6.07, 6.45) is 1.79. The molecular formula is C22H29N5O4Si. The SMILES string of the molecule is CC[C@H]1O[C@@H](n2cnc3c(=O)[nH]c(NC(=O)c4ccccc4)nc32)C(O[Si](C)(C)C)[C@H]1C. The number of ether oxygens (including phenoxy) is 1. The Bertz CT molecular complexity index is 1170. The molecule has 2 aromatic heterocycles. The van der Waals surface area contributed by atoms with Crippen LogP contribution < -0.4 is 10.9 Å². The zero-order valence-corrected chi connectivity index (χ0v) is 20.0. The minimum atomic E-state index is -1.87. The third kappa shape index (κ3) is 4.38. The van der Waals surface area contributed by atoms with Gasteiger partial charge in [0.2, 0.25) is 5.95 Å². The van der Waals surface area contributed by atoms with Crippen LogP contribution in [0.15, 0.2) is 41.5 Å². The number of hydrogen-bond acceptors (Lipinski definition) is 6. The fourth-order valence-corrected chi connectivity index (χ4v) is 5.21. The molecule has 3 heterocycles. The molecule has 4 atom stereocenters. The van der Waals surface area contributed by atoms with Gasteiger partial charge in [0.1, 0.15) is 0 Å². The maximum atomic E-state index is 12.7. The van der Waals surface area contributed by atoms with Gasteiger partial charge in [-0.3, -0.25) is 24.5 Å². The van der Waals surface area contributed by atoms with Crippen LogP contribution >= 0.6 is 0 Å². The van der Waals surface area contributed by atoms with E-state index in [1.165, 1.54) is 0 Å². The minimum absolute atomic E-state index is 0.0260. The van der Waals surface area contributed by atoms with E-state index in [0.29, 0.717) is 11.2 Å². The highest BCUT2D eigenvalue weighted by Gasteiger charge is 2.45. The van der Waals surface area contributed by atoms with Gasteiger partial charge in [0.25, 0.3) is 11.5 Å². The first-order valence-electron chi connectivity index (χ1n) is 10.8. The van der Waals surface area contributed by atoms with E-state index in [-0.39, 0.29) is 35.5 Å². The largest absolute Gasteiger partial charge is 0.410 e. The van der Waals surface area contributed by atoms with Gasteiger partial charge in [-0.2, -0.15) is 4.98 Å². The van der Waals surface area contributed by atoms with Crippen LogP contribution in [0.5, 0.6) is 0 Å². The number of anilines is 1. The lowest BCUT2D eigenvalue weighted by molar-refractivity contribution is -0.0310. The summed E-state index contributed by atoms with van der Waals surface area (Å²) in [6.45, 7) is 10.6. The van der Waals surface area contributed by atoms with Gasteiger partial charge in [0.15, 0.2) is 25.7 Å². The van der Waals surface area contributed by atoms with Gasteiger partial charge in [0, 0.05) is 11.5 Å². The number of nitrogens with one attached hydrogen (secondary N) is 2. The molecule has 10 heteroatoms. The highest BCUT2D eigenvalue weighted by molar-refractivity contribution is 6.69. The Balaban J connectivity index is 1.71. The van der Waals surface area contributed by atoms with Crippen molar-refractivity contribution in [1.29, 1.82) is 0 Å². The van der Waals surface area contributed by atoms with Crippen molar-refractivity contribution < 1.29 is 14.0 Å². The van der Waals surface area contributed by atoms with E-state index in [9.17, 15) is 9.59 Å². The number of H-pyrrole nitrogens is 1. The topological polar surface area (TPSA) is 111 Å². The summed E-state index contributed by atoms with van der Waals surface area (Å²) in [6, 6.07) is 8.74. The average Bonchev–Trinajstić information content (AvgIpc) is 3.29. The fraction of sp³-hybridized carbons (Fsp3) is 0.455. The number of hydrogen-bond donors (Lipinski definition) is 2. The van der Waals surface area contributed by atoms with Gasteiger partial charge >= 0.3 is 0 Å². The average molecular weight is 456 g/mol. The zero-order chi connectivity index (χ0) is 23.0. The number of carbonyl (C=O) groups excluding carboxylic acids is 1. The Morgan fingerprint density at radius 2 is 2.00 bits per heavy atom. The molecule has 1 amide bonds. The van der Waals surface area contributed by atoms with E-state index in [2.05, 4.69) is 53.8 Å². The monoisotopic (exact) mass is 455 g/mol. The molecule has 0 bridgehead atoms. The zero-order valence-electron chi connectivity index (χ0n) is 19.0. The summed E-state index contributed by atoms with van der Waals surface area (Å²) >= 11 is 0. The van der Waals surface area contributed by atoms with Gasteiger partial charge in [-0.1, -0.05) is 32.0 Å². The van der Waals surface area contributed by atoms with Crippen LogP contribution in [-0.2, 0) is 9.16 Å². The second-order valence-electron chi connectivity index (χ2n) is 9.09. The first-order valence-corrected chi connectivity index (χ1v) is 14.3. The molecule has 2 N–H and O–H groups in total. The number of benzene rings is 1. The second-order valence-corrected chi connectivity index (χ2v) is 13.5. The van der Waals surface area contributed by atoms with Crippen LogP contribution in [-0.4, -0.2) is 46.0 Å². The van der Waals surface area contributed by atoms with Crippen molar-refractivity contribution in [3.05, 3.63) is 52.6 Å². The second kappa shape index (κ2) is 8.61. The van der Waals surface area contributed by atoms with Crippen LogP contribution in [0.1, 0.15) is 36.9 Å². The van der Waals surface area contributed by atoms with E-state index < -0.39 is 20.1 Å². The number of amides is 1. The van der Waals surface area contributed by atoms with Gasteiger partial charge < -0.3 is 9.16 Å². The highest BCUT2D eigenvalue weighted by atomic mass is 28.4. The van der Waals surface area contributed by atoms with Crippen LogP contribution in [0.4, 0.5) is 5.95 Å². The Morgan fingerprint density at radius 1 is 1.28 bits per heavy atom. The van der Waals surface area contributed by atoms with Crippen LogP contribution in [0.3, 0.4) is 0 Å². The lowest BCUT2D eigenvalue weighted by Crippen LogP contribution is -2.38. The molecule has 0 saturated carbocycles. The quantitative estimate of drug-likeness (QED) is 0.550. The van der Waals surface area contributed by atoms with Crippen molar-refractivity contribution in [3.8, 4) is 0 Å². The molecule has 3 aromatic rings. The normalized spacial score (nSPS) is 23.5. The van der Waals surface area contributed by atoms with Gasteiger partial charge in [-0.05, 0) is 38.2 Å². The molecule has 1 saturated heterocycles. The van der Waals surface area contributed by atoms with Crippen LogP contribution in [0, 0.1) is 5.92 Å². The molecule has 0 spiro atoms. The first kappa shape index (κ1) is 22.4. The van der Waals surface area contributed by atoms with Crippen molar-refractivity contribution >= 4 is 31.3 Å². The van der Waals surface area contributed by atoms with Crippen molar-refractivity contribution in [2.45, 2.75) is 58.3 Å². The first-order chi connectivity index (χ1) is 15.2. The predicted molar refractivity (Wildman–Crippen MR) is 124 cm³/mol. The number of carbonyl (C=O) groups is 1. The summed E-state index contributed by atoms with van der Waals surface area (Å²) in [4.78, 5) is 36.6. The number of imidazole rings is 1. The molecule has 0 radical (unpaired) electrons. The molecule has 9 nitrogen and oxygen atoms in total. The molecule has 4 rings (SSSR count). The number of nitrogens with zero attached hydrogens (tertiary/aromatic N) is 3. The van der Waals surface area contributed by atoms with Gasteiger partial charge in [-0.15, -0.1) is 0 Å². The van der Waals surface area contributed by atoms with E-state index in [1.54, 1.807) is 35.2 Å². The number of aromatic amines is 1. The lowest BCUT2D eigenvalue weighted by Gasteiger charge is -2.29. The third-order valence-corrected chi connectivity index (χ3v) is 6.55. The van der Waals surface area contributed by atoms with Crippen molar-refractivity contribution in [1.82, 2.24) is 19.5 Å². The van der Waals surface area contributed by atoms with Crippen molar-refractivity contribution in [2.24, 2.45) is 5.92 Å². The molecule has 1 aromatic carbocycles. The lowest BCUT2D eigenvalue weighted by atomic mass is 9.99. The molecular weight excluding hydrogens is 426 g/mol. The summed E-state index contributed by atoms with van der Waals surface area (Å²) < 4.78 is 14.6. The van der Waals surface area contributed by atoms with E-state index >= 15 is 0 Å². The Labute approximate surface area is 187 Å². The Hall–Kier alpha value is -2.82. The molecule has 1 aliphatic heterocycles. The summed E-state index contributed by atoms with van der Waals surface area (Å²) in [5.74, 6) is -0.136. The highest BCUT2D eigenvalue weighted by Crippen LogP contribution is 2.39. The third-order valence-electron chi connectivity index (χ3n) is 5.57. The van der Waals surface area contributed by atoms with Gasteiger partial charge in [0.05, 0.1) is 18.5 Å². The van der Waals surface area contributed by atoms with E-state index in [0.717, 1.165) is 6.42 Å². The standard InChI is InChI=1S/C22H29N5O4Si/c1-6-15-13(2)17(31-32(3,4)5)21(30-15)27-12-23-16-18(27)24-22(26-20(16)29)25-19(28)14-10-8-7-9-11-14/h7-13,15,17,21H,6H2,1-5H3,(H2,24,25,26,28,29)/t13-,15+,17?,21+/m0/s1. The van der Waals surface area contributed by atoms with Crippen LogP contribution in [0.25, 0.3) is 11.2 Å². The smallest absolute Gasteiger partial charge is 0.280 e. The molecule has 170 valence electrons. The molecule has 1 aliphatic rings. The Morgan fingerprint density at radius 3 is 2.66 bits per heavy atom. The molecule has 32 heavy (non-hydrogen) atoms. The summed E-state index contributed by atoms with van der Waals surface area (Å²) in [5, 5.41) is 2.67. The fourth-order valence-electron chi connectivity index (χ4n) is 4.06. The molecule has 1 fully saturated rings. The number of aromatic nitrogens is 4. The van der Waals surface area contributed by atoms with E-state index in [4.69, 9.17) is 9.16 Å². The summed E-state index contributed by atoms with van der Waals surface area (Å²) in [7, 11) is -1.87. The molecule has 1 unspecified atom stereocenters. The van der Waals surface area contributed by atoms with Crippen molar-refractivity contribution in [3.63, 3.8) is 0 Å². The van der Waals surface area contributed by atoms with E-state index in [1.807, 2.05) is 6.07 Å². The van der Waals surface area contributed by atoms with Gasteiger partial charge in [-0.25, -0.2) is 4.98 Å². The minimum Gasteiger partial charge on any atom is -0.410 e. The van der Waals surface area contributed by atoms with Crippen molar-refractivity contribution in [2.75, 3.05) is 5.32 Å². The predicted octanol–water partition coefficient (Wildman–Crippen LogP) is 3.54. The maximum Gasteiger partial charge on any atom is 0.280 e. The molecule has 0 aliphatic carbocycles. The maximum absolute atomic E-state index is 12.7. The van der Waals surface area contributed by atoms with Crippen LogP contribution in [0.2, 0.25) is 19.6 Å². The number of rotatable bonds is 6. The number of fused-ring (bicyclic) bond motifs is 1. The summed E-state index contributed by atoms with van der Waals surface area (Å²) in [5.41, 5.74) is 0.560.